The van der Waals surface area contributed by atoms with Gasteiger partial charge in [0, 0.05) is 6.42 Å². The molecular formula is C10H14O. The van der Waals surface area contributed by atoms with E-state index in [1.807, 2.05) is 0 Å². The molecule has 0 aromatic carbocycles. The Morgan fingerprint density at radius 3 is 2.91 bits per heavy atom. The van der Waals surface area contributed by atoms with Crippen LogP contribution in [-0.2, 0) is 4.79 Å². The molecule has 0 aromatic heterocycles. The third-order valence-electron chi connectivity index (χ3n) is 3.03. The number of carbonyl (C=O) groups excluding carboxylic acids is 1. The molecular weight excluding hydrogens is 136 g/mol. The predicted molar refractivity (Wildman–Crippen MR) is 44.3 cm³/mol. The highest BCUT2D eigenvalue weighted by atomic mass is 16.1. The van der Waals surface area contributed by atoms with Crippen molar-refractivity contribution in [1.29, 1.82) is 0 Å². The summed E-state index contributed by atoms with van der Waals surface area (Å²) >= 11 is 0. The Morgan fingerprint density at radius 1 is 1.36 bits per heavy atom. The van der Waals surface area contributed by atoms with Gasteiger partial charge in [-0.2, -0.15) is 0 Å². The van der Waals surface area contributed by atoms with Gasteiger partial charge in [0.25, 0.3) is 0 Å². The number of rotatable bonds is 1. The third kappa shape index (κ3) is 0.943. The maximum absolute atomic E-state index is 11.4. The van der Waals surface area contributed by atoms with Crippen LogP contribution in [-0.4, -0.2) is 5.78 Å². The summed E-state index contributed by atoms with van der Waals surface area (Å²) in [5.74, 6) is 1.07. The molecule has 0 aliphatic heterocycles. The quantitative estimate of drug-likeness (QED) is 0.561. The lowest BCUT2D eigenvalue weighted by Gasteiger charge is -2.07. The molecule has 1 atom stereocenters. The van der Waals surface area contributed by atoms with E-state index >= 15 is 0 Å². The van der Waals surface area contributed by atoms with Crippen molar-refractivity contribution in [3.63, 3.8) is 0 Å². The molecule has 0 bridgehead atoms. The zero-order chi connectivity index (χ0) is 7.84. The van der Waals surface area contributed by atoms with Gasteiger partial charge in [-0.15, -0.1) is 0 Å². The van der Waals surface area contributed by atoms with E-state index in [4.69, 9.17) is 0 Å². The van der Waals surface area contributed by atoms with Gasteiger partial charge in [0.05, 0.1) is 0 Å². The number of hydrogen-bond donors (Lipinski definition) is 0. The molecule has 0 saturated carbocycles. The van der Waals surface area contributed by atoms with Crippen LogP contribution in [0.3, 0.4) is 0 Å². The van der Waals surface area contributed by atoms with Crippen LogP contribution in [0.5, 0.6) is 0 Å². The fourth-order valence-electron chi connectivity index (χ4n) is 2.41. The molecule has 2 aliphatic carbocycles. The summed E-state index contributed by atoms with van der Waals surface area (Å²) in [4.78, 5) is 11.4. The molecule has 0 radical (unpaired) electrons. The highest BCUT2D eigenvalue weighted by Crippen LogP contribution is 2.41. The maximum Gasteiger partial charge on any atom is 0.159 e. The molecule has 0 amide bonds. The summed E-state index contributed by atoms with van der Waals surface area (Å²) in [6, 6.07) is 0. The number of Topliss-reactive ketones (excluding diaryl/α,β-unsaturated/α-hetero) is 1. The van der Waals surface area contributed by atoms with E-state index in [1.165, 1.54) is 24.0 Å². The highest BCUT2D eigenvalue weighted by Gasteiger charge is 2.32. The van der Waals surface area contributed by atoms with E-state index in [9.17, 15) is 4.79 Å². The van der Waals surface area contributed by atoms with Crippen LogP contribution in [0.4, 0.5) is 0 Å². The van der Waals surface area contributed by atoms with Crippen LogP contribution in [0.1, 0.15) is 39.0 Å². The van der Waals surface area contributed by atoms with E-state index in [0.29, 0.717) is 11.7 Å². The minimum absolute atomic E-state index is 0.448. The Labute approximate surface area is 67.5 Å². The monoisotopic (exact) mass is 150 g/mol. The summed E-state index contributed by atoms with van der Waals surface area (Å²) in [6.07, 6.45) is 5.49. The van der Waals surface area contributed by atoms with Gasteiger partial charge in [0.1, 0.15) is 0 Å². The second-order valence-corrected chi connectivity index (χ2v) is 3.58. The summed E-state index contributed by atoms with van der Waals surface area (Å²) in [5.41, 5.74) is 2.72. The first-order valence-electron chi connectivity index (χ1n) is 4.58. The maximum atomic E-state index is 11.4. The first-order valence-corrected chi connectivity index (χ1v) is 4.58. The van der Waals surface area contributed by atoms with Crippen molar-refractivity contribution in [2.45, 2.75) is 39.0 Å². The highest BCUT2D eigenvalue weighted by molar-refractivity contribution is 5.99. The topological polar surface area (TPSA) is 17.1 Å². The molecule has 0 fully saturated rings. The number of hydrogen-bond acceptors (Lipinski definition) is 1. The standard InChI is InChI=1S/C10H14O/c1-2-7-3-4-8-5-6-9(11)10(7)8/h7H,2-6H2,1H3. The van der Waals surface area contributed by atoms with Gasteiger partial charge < -0.3 is 0 Å². The minimum atomic E-state index is 0.448. The molecule has 1 unspecified atom stereocenters. The van der Waals surface area contributed by atoms with Crippen LogP contribution in [0.2, 0.25) is 0 Å². The summed E-state index contributed by atoms with van der Waals surface area (Å²) < 4.78 is 0. The zero-order valence-corrected chi connectivity index (χ0v) is 7.02. The van der Waals surface area contributed by atoms with E-state index in [0.717, 1.165) is 19.3 Å². The molecule has 0 aromatic rings. The second kappa shape index (κ2) is 2.47. The molecule has 2 rings (SSSR count). The average molecular weight is 150 g/mol. The van der Waals surface area contributed by atoms with Gasteiger partial charge in [0.2, 0.25) is 0 Å². The fraction of sp³-hybridized carbons (Fsp3) is 0.700. The summed E-state index contributed by atoms with van der Waals surface area (Å²) in [6.45, 7) is 2.19. The molecule has 0 N–H and O–H groups in total. The Hall–Kier alpha value is -0.590. The largest absolute Gasteiger partial charge is 0.295 e. The Balaban J connectivity index is 2.27. The SMILES string of the molecule is CCC1CCC2=C1C(=O)CC2. The number of ketones is 1. The van der Waals surface area contributed by atoms with Crippen molar-refractivity contribution < 1.29 is 4.79 Å². The van der Waals surface area contributed by atoms with Crippen LogP contribution in [0, 0.1) is 5.92 Å². The number of carbonyl (C=O) groups is 1. The van der Waals surface area contributed by atoms with Gasteiger partial charge in [-0.1, -0.05) is 12.5 Å². The van der Waals surface area contributed by atoms with Gasteiger partial charge in [0.15, 0.2) is 5.78 Å². The van der Waals surface area contributed by atoms with Crippen molar-refractivity contribution >= 4 is 5.78 Å². The lowest BCUT2D eigenvalue weighted by molar-refractivity contribution is -0.115. The molecule has 2 aliphatic rings. The predicted octanol–water partition coefficient (Wildman–Crippen LogP) is 2.47. The summed E-state index contributed by atoms with van der Waals surface area (Å²) in [7, 11) is 0. The van der Waals surface area contributed by atoms with E-state index in [-0.39, 0.29) is 0 Å². The first-order chi connectivity index (χ1) is 5.33. The van der Waals surface area contributed by atoms with Crippen molar-refractivity contribution in [2.75, 3.05) is 0 Å². The molecule has 1 nitrogen and oxygen atoms in total. The van der Waals surface area contributed by atoms with Crippen LogP contribution < -0.4 is 0 Å². The Morgan fingerprint density at radius 2 is 2.18 bits per heavy atom. The van der Waals surface area contributed by atoms with Crippen LogP contribution in [0.15, 0.2) is 11.1 Å². The average Bonchev–Trinajstić information content (AvgIpc) is 2.54. The molecule has 1 heteroatoms. The molecule has 0 saturated heterocycles. The van der Waals surface area contributed by atoms with E-state index in [1.54, 1.807) is 0 Å². The normalized spacial score (nSPS) is 29.9. The minimum Gasteiger partial charge on any atom is -0.295 e. The van der Waals surface area contributed by atoms with Gasteiger partial charge in [-0.05, 0) is 37.2 Å². The summed E-state index contributed by atoms with van der Waals surface area (Å²) in [5, 5.41) is 0. The van der Waals surface area contributed by atoms with E-state index < -0.39 is 0 Å². The van der Waals surface area contributed by atoms with Gasteiger partial charge >= 0.3 is 0 Å². The number of allylic oxidation sites excluding steroid dienone is 2. The second-order valence-electron chi connectivity index (χ2n) is 3.58. The van der Waals surface area contributed by atoms with Crippen LogP contribution in [0.25, 0.3) is 0 Å². The first kappa shape index (κ1) is 7.08. The lowest BCUT2D eigenvalue weighted by Crippen LogP contribution is -2.05. The molecule has 60 valence electrons. The molecule has 11 heavy (non-hydrogen) atoms. The third-order valence-corrected chi connectivity index (χ3v) is 3.03. The van der Waals surface area contributed by atoms with Crippen molar-refractivity contribution in [2.24, 2.45) is 5.92 Å². The van der Waals surface area contributed by atoms with Gasteiger partial charge in [-0.3, -0.25) is 4.79 Å². The van der Waals surface area contributed by atoms with Crippen molar-refractivity contribution in [3.8, 4) is 0 Å². The smallest absolute Gasteiger partial charge is 0.159 e. The molecule has 0 heterocycles. The van der Waals surface area contributed by atoms with Crippen molar-refractivity contribution in [3.05, 3.63) is 11.1 Å². The van der Waals surface area contributed by atoms with Crippen LogP contribution >= 0.6 is 0 Å². The Bertz CT molecular complexity index is 225. The zero-order valence-electron chi connectivity index (χ0n) is 7.02. The van der Waals surface area contributed by atoms with Gasteiger partial charge in [-0.25, -0.2) is 0 Å². The Kier molecular flexibility index (Phi) is 1.59. The molecule has 0 spiro atoms. The lowest BCUT2D eigenvalue weighted by atomic mass is 9.96. The fourth-order valence-corrected chi connectivity index (χ4v) is 2.41. The van der Waals surface area contributed by atoms with E-state index in [2.05, 4.69) is 6.92 Å². The van der Waals surface area contributed by atoms with Crippen molar-refractivity contribution in [1.82, 2.24) is 0 Å².